The lowest BCUT2D eigenvalue weighted by atomic mass is 10.4. The van der Waals surface area contributed by atoms with E-state index in [2.05, 4.69) is 5.32 Å². The van der Waals surface area contributed by atoms with Crippen molar-refractivity contribution in [2.45, 2.75) is 25.4 Å². The van der Waals surface area contributed by atoms with Crippen molar-refractivity contribution in [3.63, 3.8) is 0 Å². The van der Waals surface area contributed by atoms with E-state index in [-0.39, 0.29) is 6.42 Å². The molecular formula is C7H17NO4Si. The van der Waals surface area contributed by atoms with E-state index < -0.39 is 14.5 Å². The molecule has 0 fully saturated rings. The number of hydrogen-bond acceptors (Lipinski definition) is 4. The third-order valence-electron chi connectivity index (χ3n) is 1.52. The van der Waals surface area contributed by atoms with Crippen molar-refractivity contribution < 1.29 is 19.5 Å². The molecule has 13 heavy (non-hydrogen) atoms. The van der Waals surface area contributed by atoms with Crippen LogP contribution in [-0.2, 0) is 4.79 Å². The summed E-state index contributed by atoms with van der Waals surface area (Å²) < 4.78 is 0. The lowest BCUT2D eigenvalue weighted by Crippen LogP contribution is -2.31. The lowest BCUT2D eigenvalue weighted by molar-refractivity contribution is -0.136. The van der Waals surface area contributed by atoms with Gasteiger partial charge in [-0.05, 0) is 25.6 Å². The van der Waals surface area contributed by atoms with Gasteiger partial charge in [0.2, 0.25) is 0 Å². The maximum atomic E-state index is 10.1. The molecule has 0 spiro atoms. The van der Waals surface area contributed by atoms with E-state index in [4.69, 9.17) is 14.7 Å². The third kappa shape index (κ3) is 11.6. The Morgan fingerprint density at radius 2 is 2.00 bits per heavy atom. The molecule has 6 heteroatoms. The van der Waals surface area contributed by atoms with Gasteiger partial charge in [-0.2, -0.15) is 0 Å². The molecule has 0 amide bonds. The van der Waals surface area contributed by atoms with Crippen LogP contribution >= 0.6 is 0 Å². The molecule has 0 aromatic rings. The van der Waals surface area contributed by atoms with Gasteiger partial charge in [0.25, 0.3) is 0 Å². The van der Waals surface area contributed by atoms with Crippen LogP contribution in [0, 0.1) is 0 Å². The van der Waals surface area contributed by atoms with Crippen molar-refractivity contribution in [3.05, 3.63) is 0 Å². The summed E-state index contributed by atoms with van der Waals surface area (Å²) in [6.45, 7) is 2.53. The summed E-state index contributed by atoms with van der Waals surface area (Å²) >= 11 is 0. The molecule has 0 aliphatic heterocycles. The highest BCUT2D eigenvalue weighted by atomic mass is 28.4. The Bertz CT molecular complexity index is 157. The molecule has 0 saturated heterocycles. The van der Waals surface area contributed by atoms with Gasteiger partial charge in [0, 0.05) is 6.54 Å². The van der Waals surface area contributed by atoms with Crippen LogP contribution in [0.3, 0.4) is 0 Å². The average molecular weight is 207 g/mol. The van der Waals surface area contributed by atoms with Gasteiger partial charge < -0.3 is 20.0 Å². The maximum absolute atomic E-state index is 10.1. The first-order valence-electron chi connectivity index (χ1n) is 4.29. The van der Waals surface area contributed by atoms with Crippen LogP contribution in [0.25, 0.3) is 0 Å². The summed E-state index contributed by atoms with van der Waals surface area (Å²) in [5, 5.41) is 11.2. The molecule has 0 radical (unpaired) electrons. The highest BCUT2D eigenvalue weighted by Crippen LogP contribution is 2.02. The van der Waals surface area contributed by atoms with Crippen LogP contribution in [0.1, 0.15) is 12.8 Å². The highest BCUT2D eigenvalue weighted by molar-refractivity contribution is 6.63. The van der Waals surface area contributed by atoms with Gasteiger partial charge in [0.1, 0.15) is 0 Å². The van der Waals surface area contributed by atoms with Crippen molar-refractivity contribution >= 4 is 14.5 Å². The zero-order valence-corrected chi connectivity index (χ0v) is 8.79. The SMILES string of the molecule is C[Si](O)(O)CCCNCCC(=O)O. The number of carboxylic acids is 1. The number of hydrogen-bond donors (Lipinski definition) is 4. The van der Waals surface area contributed by atoms with E-state index in [0.717, 1.165) is 0 Å². The molecule has 0 rings (SSSR count). The van der Waals surface area contributed by atoms with Crippen molar-refractivity contribution in [1.82, 2.24) is 5.32 Å². The summed E-state index contributed by atoms with van der Waals surface area (Å²) in [6, 6.07) is 0.424. The Kier molecular flexibility index (Phi) is 5.88. The minimum absolute atomic E-state index is 0.104. The summed E-state index contributed by atoms with van der Waals surface area (Å²) in [6.07, 6.45) is 0.780. The average Bonchev–Trinajstić information content (AvgIpc) is 1.93. The van der Waals surface area contributed by atoms with Gasteiger partial charge in [0.05, 0.1) is 6.42 Å². The van der Waals surface area contributed by atoms with Gasteiger partial charge in [0.15, 0.2) is 0 Å². The fraction of sp³-hybridized carbons (Fsp3) is 0.857. The first-order chi connectivity index (χ1) is 5.92. The van der Waals surface area contributed by atoms with Gasteiger partial charge in [-0.1, -0.05) is 0 Å². The van der Waals surface area contributed by atoms with Crippen LogP contribution in [0.4, 0.5) is 0 Å². The predicted molar refractivity (Wildman–Crippen MR) is 50.6 cm³/mol. The number of nitrogens with one attached hydrogen (secondary N) is 1. The van der Waals surface area contributed by atoms with E-state index in [1.807, 2.05) is 0 Å². The van der Waals surface area contributed by atoms with Crippen molar-refractivity contribution in [3.8, 4) is 0 Å². The standard InChI is InChI=1S/C7H17NO4Si/c1-13(11,12)6-2-4-8-5-3-7(9)10/h8,11-12H,2-6H2,1H3,(H,9,10). The Morgan fingerprint density at radius 1 is 1.38 bits per heavy atom. The van der Waals surface area contributed by atoms with E-state index in [9.17, 15) is 4.79 Å². The predicted octanol–water partition coefficient (Wildman–Crippen LogP) is -0.503. The molecule has 0 aromatic heterocycles. The fourth-order valence-corrected chi connectivity index (χ4v) is 1.72. The monoisotopic (exact) mass is 207 g/mol. The number of aliphatic carboxylic acids is 1. The molecule has 0 aliphatic rings. The van der Waals surface area contributed by atoms with E-state index >= 15 is 0 Å². The Balaban J connectivity index is 3.13. The molecule has 0 heterocycles. The molecule has 0 aliphatic carbocycles. The molecular weight excluding hydrogens is 190 g/mol. The largest absolute Gasteiger partial charge is 0.481 e. The summed E-state index contributed by atoms with van der Waals surface area (Å²) in [4.78, 5) is 28.1. The molecule has 4 N–H and O–H groups in total. The van der Waals surface area contributed by atoms with E-state index in [1.165, 1.54) is 6.55 Å². The second-order valence-electron chi connectivity index (χ2n) is 3.21. The minimum atomic E-state index is -2.90. The third-order valence-corrected chi connectivity index (χ3v) is 2.82. The van der Waals surface area contributed by atoms with Crippen LogP contribution in [0.15, 0.2) is 0 Å². The zero-order chi connectivity index (χ0) is 10.3. The topological polar surface area (TPSA) is 89.8 Å². The molecule has 0 unspecified atom stereocenters. The molecule has 78 valence electrons. The molecule has 0 bridgehead atoms. The van der Waals surface area contributed by atoms with Crippen LogP contribution in [-0.4, -0.2) is 42.3 Å². The second-order valence-corrected chi connectivity index (χ2v) is 6.15. The quantitative estimate of drug-likeness (QED) is 0.334. The summed E-state index contributed by atoms with van der Waals surface area (Å²) in [7, 11) is -2.90. The first kappa shape index (κ1) is 12.6. The Morgan fingerprint density at radius 3 is 2.46 bits per heavy atom. The lowest BCUT2D eigenvalue weighted by Gasteiger charge is -2.11. The van der Waals surface area contributed by atoms with Crippen LogP contribution < -0.4 is 5.32 Å². The number of rotatable bonds is 7. The Hall–Kier alpha value is -0.433. The summed E-state index contributed by atoms with van der Waals surface area (Å²) in [5.41, 5.74) is 0. The molecule has 5 nitrogen and oxygen atoms in total. The molecule has 0 atom stereocenters. The summed E-state index contributed by atoms with van der Waals surface area (Å²) in [5.74, 6) is -0.823. The van der Waals surface area contributed by atoms with Gasteiger partial charge in [-0.25, -0.2) is 0 Å². The van der Waals surface area contributed by atoms with E-state index in [0.29, 0.717) is 25.6 Å². The van der Waals surface area contributed by atoms with Crippen molar-refractivity contribution in [1.29, 1.82) is 0 Å². The van der Waals surface area contributed by atoms with Gasteiger partial charge >= 0.3 is 14.5 Å². The molecule has 0 saturated carbocycles. The zero-order valence-electron chi connectivity index (χ0n) is 7.79. The number of carbonyl (C=O) groups is 1. The van der Waals surface area contributed by atoms with Gasteiger partial charge in [-0.3, -0.25) is 4.79 Å². The second kappa shape index (κ2) is 6.09. The van der Waals surface area contributed by atoms with Gasteiger partial charge in [-0.15, -0.1) is 0 Å². The van der Waals surface area contributed by atoms with Crippen LogP contribution in [0.2, 0.25) is 12.6 Å². The minimum Gasteiger partial charge on any atom is -0.481 e. The van der Waals surface area contributed by atoms with Crippen LogP contribution in [0.5, 0.6) is 0 Å². The fourth-order valence-electron chi connectivity index (χ4n) is 0.869. The first-order valence-corrected chi connectivity index (χ1v) is 6.89. The van der Waals surface area contributed by atoms with E-state index in [1.54, 1.807) is 0 Å². The smallest absolute Gasteiger partial charge is 0.329 e. The molecule has 0 aromatic carbocycles. The Labute approximate surface area is 78.7 Å². The normalized spacial score (nSPS) is 11.6. The van der Waals surface area contributed by atoms with Crippen molar-refractivity contribution in [2.24, 2.45) is 0 Å². The highest BCUT2D eigenvalue weighted by Gasteiger charge is 2.19. The maximum Gasteiger partial charge on any atom is 0.329 e. The number of carboxylic acid groups (broad SMARTS) is 1. The van der Waals surface area contributed by atoms with Crippen molar-refractivity contribution in [2.75, 3.05) is 13.1 Å².